The van der Waals surface area contributed by atoms with Crippen LogP contribution in [0.15, 0.2) is 16.1 Å². The van der Waals surface area contributed by atoms with Gasteiger partial charge < -0.3 is 9.47 Å². The fourth-order valence-corrected chi connectivity index (χ4v) is 4.48. The minimum atomic E-state index is -0.398. The lowest BCUT2D eigenvalue weighted by molar-refractivity contribution is -0.111. The first-order valence-electron chi connectivity index (χ1n) is 9.75. The van der Waals surface area contributed by atoms with Gasteiger partial charge >= 0.3 is 11.9 Å². The van der Waals surface area contributed by atoms with E-state index in [1.807, 2.05) is 12.3 Å². The highest BCUT2D eigenvalue weighted by Gasteiger charge is 2.18. The van der Waals surface area contributed by atoms with Crippen molar-refractivity contribution in [1.29, 1.82) is 0 Å². The Morgan fingerprint density at radius 3 is 1.82 bits per heavy atom. The first-order valence-corrected chi connectivity index (χ1v) is 13.0. The zero-order valence-electron chi connectivity index (χ0n) is 18.9. The SMILES string of the molecule is COC(=O)c1csc(C(=O)CCCCl)c1C.COC(=O)c1cscc1C.O=C(Cl)CCCCl. The van der Waals surface area contributed by atoms with Crippen LogP contribution in [-0.2, 0) is 14.3 Å². The van der Waals surface area contributed by atoms with Gasteiger partial charge in [0, 0.05) is 35.4 Å². The Labute approximate surface area is 217 Å². The molecule has 2 rings (SSSR count). The van der Waals surface area contributed by atoms with Crippen molar-refractivity contribution in [1.82, 2.24) is 0 Å². The van der Waals surface area contributed by atoms with Crippen molar-refractivity contribution in [2.24, 2.45) is 0 Å². The largest absolute Gasteiger partial charge is 0.465 e. The standard InChI is InChI=1S/C11H13ClO3S.C7H8O2S.C4H6Cl2O/c1-7-8(11(14)15-2)6-16-10(7)9(13)4-3-5-12;1-5-3-10-4-6(5)7(8)9-2;5-3-1-2-4(6)7/h6H,3-5H2,1-2H3;3-4H,1-2H3;1-3H2. The van der Waals surface area contributed by atoms with Crippen LogP contribution in [0.25, 0.3) is 0 Å². The number of alkyl halides is 2. The summed E-state index contributed by atoms with van der Waals surface area (Å²) < 4.78 is 9.17. The lowest BCUT2D eigenvalue weighted by atomic mass is 10.1. The van der Waals surface area contributed by atoms with Gasteiger partial charge in [-0.3, -0.25) is 9.59 Å². The molecule has 0 unspecified atom stereocenters. The number of carbonyl (C=O) groups excluding carboxylic acids is 4. The van der Waals surface area contributed by atoms with E-state index in [4.69, 9.17) is 34.8 Å². The number of methoxy groups -OCH3 is 2. The molecular formula is C22H27Cl3O6S2. The third-order valence-corrected chi connectivity index (χ3v) is 6.71. The van der Waals surface area contributed by atoms with E-state index in [1.165, 1.54) is 36.9 Å². The smallest absolute Gasteiger partial charge is 0.338 e. The second-order valence-corrected chi connectivity index (χ2v) is 9.22. The molecule has 0 fully saturated rings. The minimum absolute atomic E-state index is 0.0401. The van der Waals surface area contributed by atoms with Crippen molar-refractivity contribution in [3.63, 3.8) is 0 Å². The van der Waals surface area contributed by atoms with Crippen molar-refractivity contribution in [2.75, 3.05) is 26.0 Å². The number of hydrogen-bond acceptors (Lipinski definition) is 8. The molecule has 0 spiro atoms. The molecule has 0 atom stereocenters. The highest BCUT2D eigenvalue weighted by molar-refractivity contribution is 7.12. The van der Waals surface area contributed by atoms with Gasteiger partial charge in [0.2, 0.25) is 5.24 Å². The molecule has 0 bridgehead atoms. The van der Waals surface area contributed by atoms with E-state index in [0.717, 1.165) is 5.56 Å². The van der Waals surface area contributed by atoms with Crippen LogP contribution in [0.2, 0.25) is 0 Å². The van der Waals surface area contributed by atoms with Crippen molar-refractivity contribution in [3.8, 4) is 0 Å². The number of ketones is 1. The molecule has 0 amide bonds. The molecule has 2 heterocycles. The number of halogens is 3. The lowest BCUT2D eigenvalue weighted by Gasteiger charge is -2.00. The van der Waals surface area contributed by atoms with E-state index < -0.39 is 5.97 Å². The molecule has 0 aliphatic heterocycles. The van der Waals surface area contributed by atoms with Gasteiger partial charge in [-0.05, 0) is 54.8 Å². The second kappa shape index (κ2) is 18.0. The van der Waals surface area contributed by atoms with Gasteiger partial charge in [0.1, 0.15) is 0 Å². The normalized spacial score (nSPS) is 9.67. The number of aryl methyl sites for hydroxylation is 1. The van der Waals surface area contributed by atoms with Crippen LogP contribution in [0.3, 0.4) is 0 Å². The zero-order chi connectivity index (χ0) is 25.4. The Morgan fingerprint density at radius 1 is 0.848 bits per heavy atom. The Balaban J connectivity index is 0.000000514. The number of ether oxygens (including phenoxy) is 2. The molecule has 33 heavy (non-hydrogen) atoms. The molecular weight excluding hydrogens is 531 g/mol. The van der Waals surface area contributed by atoms with Gasteiger partial charge in [0.05, 0.1) is 30.2 Å². The van der Waals surface area contributed by atoms with Gasteiger partial charge in [-0.2, -0.15) is 11.3 Å². The topological polar surface area (TPSA) is 86.7 Å². The average molecular weight is 558 g/mol. The van der Waals surface area contributed by atoms with Crippen LogP contribution in [0.5, 0.6) is 0 Å². The van der Waals surface area contributed by atoms with E-state index in [0.29, 0.717) is 59.0 Å². The Kier molecular flexibility index (Phi) is 17.2. The predicted octanol–water partition coefficient (Wildman–Crippen LogP) is 6.66. The number of rotatable bonds is 9. The molecule has 11 heteroatoms. The molecule has 0 aliphatic rings. The van der Waals surface area contributed by atoms with E-state index in [1.54, 1.807) is 17.7 Å². The molecule has 0 saturated heterocycles. The van der Waals surface area contributed by atoms with E-state index in [-0.39, 0.29) is 17.0 Å². The average Bonchev–Trinajstić information content (AvgIpc) is 3.41. The lowest BCUT2D eigenvalue weighted by Crippen LogP contribution is -2.04. The van der Waals surface area contributed by atoms with E-state index >= 15 is 0 Å². The van der Waals surface area contributed by atoms with Crippen molar-refractivity contribution < 1.29 is 28.7 Å². The van der Waals surface area contributed by atoms with Gasteiger partial charge in [-0.15, -0.1) is 34.5 Å². The molecule has 0 saturated carbocycles. The molecule has 184 valence electrons. The maximum Gasteiger partial charge on any atom is 0.338 e. The van der Waals surface area contributed by atoms with Crippen LogP contribution in [0.4, 0.5) is 0 Å². The predicted molar refractivity (Wildman–Crippen MR) is 136 cm³/mol. The van der Waals surface area contributed by atoms with Crippen LogP contribution in [-0.4, -0.2) is 48.9 Å². The van der Waals surface area contributed by atoms with Crippen LogP contribution >= 0.6 is 57.5 Å². The number of Topliss-reactive ketones (excluding diaryl/α,β-unsaturated/α-hetero) is 1. The molecule has 6 nitrogen and oxygen atoms in total. The Bertz CT molecular complexity index is 908. The highest BCUT2D eigenvalue weighted by atomic mass is 35.5. The Hall–Kier alpha value is -1.45. The molecule has 0 aromatic carbocycles. The summed E-state index contributed by atoms with van der Waals surface area (Å²) in [5, 5.41) is 5.07. The summed E-state index contributed by atoms with van der Waals surface area (Å²) in [4.78, 5) is 44.5. The second-order valence-electron chi connectivity index (χ2n) is 6.42. The van der Waals surface area contributed by atoms with Crippen molar-refractivity contribution >= 4 is 80.4 Å². The monoisotopic (exact) mass is 556 g/mol. The van der Waals surface area contributed by atoms with Crippen molar-refractivity contribution in [3.05, 3.63) is 43.3 Å². The molecule has 0 aliphatic carbocycles. The first kappa shape index (κ1) is 31.6. The van der Waals surface area contributed by atoms with E-state index in [9.17, 15) is 19.2 Å². The molecule has 0 N–H and O–H groups in total. The van der Waals surface area contributed by atoms with Gasteiger partial charge in [0.25, 0.3) is 0 Å². The molecule has 2 aromatic heterocycles. The summed E-state index contributed by atoms with van der Waals surface area (Å²) in [5.41, 5.74) is 2.84. The molecule has 0 radical (unpaired) electrons. The summed E-state index contributed by atoms with van der Waals surface area (Å²) in [7, 11) is 2.72. The van der Waals surface area contributed by atoms with Crippen LogP contribution in [0.1, 0.15) is 67.2 Å². The maximum absolute atomic E-state index is 11.7. The third kappa shape index (κ3) is 12.0. The summed E-state index contributed by atoms with van der Waals surface area (Å²) in [6.07, 6.45) is 2.16. The quantitative estimate of drug-likeness (QED) is 0.148. The third-order valence-electron chi connectivity index (χ3n) is 4.00. The summed E-state index contributed by atoms with van der Waals surface area (Å²) in [5.74, 6) is 0.376. The van der Waals surface area contributed by atoms with Gasteiger partial charge in [-0.25, -0.2) is 9.59 Å². The maximum atomic E-state index is 11.7. The molecule has 2 aromatic rings. The fourth-order valence-electron chi connectivity index (χ4n) is 2.23. The number of thiophene rings is 2. The number of hydrogen-bond donors (Lipinski definition) is 0. The van der Waals surface area contributed by atoms with Gasteiger partial charge in [0.15, 0.2) is 5.78 Å². The zero-order valence-corrected chi connectivity index (χ0v) is 22.8. The number of carbonyl (C=O) groups is 4. The van der Waals surface area contributed by atoms with E-state index in [2.05, 4.69) is 9.47 Å². The van der Waals surface area contributed by atoms with Crippen molar-refractivity contribution in [2.45, 2.75) is 39.5 Å². The summed E-state index contributed by atoms with van der Waals surface area (Å²) in [6, 6.07) is 0. The van der Waals surface area contributed by atoms with Gasteiger partial charge in [-0.1, -0.05) is 0 Å². The first-order chi connectivity index (χ1) is 15.6. The summed E-state index contributed by atoms with van der Waals surface area (Å²) in [6.45, 7) is 3.65. The minimum Gasteiger partial charge on any atom is -0.465 e. The van der Waals surface area contributed by atoms with Crippen LogP contribution in [0, 0.1) is 13.8 Å². The fraction of sp³-hybridized carbons (Fsp3) is 0.455. The Morgan fingerprint density at radius 2 is 1.39 bits per heavy atom. The highest BCUT2D eigenvalue weighted by Crippen LogP contribution is 2.24. The number of esters is 2. The summed E-state index contributed by atoms with van der Waals surface area (Å²) >= 11 is 18.5. The van der Waals surface area contributed by atoms with Crippen LogP contribution < -0.4 is 0 Å².